The Labute approximate surface area is 183 Å². The van der Waals surface area contributed by atoms with Crippen molar-refractivity contribution < 1.29 is 26.4 Å². The van der Waals surface area contributed by atoms with Crippen LogP contribution in [-0.2, 0) is 10.2 Å². The van der Waals surface area contributed by atoms with E-state index in [1.54, 1.807) is 18.3 Å². The first kappa shape index (κ1) is 23.5. The predicted molar refractivity (Wildman–Crippen MR) is 113 cm³/mol. The lowest BCUT2D eigenvalue weighted by atomic mass is 10.2. The van der Waals surface area contributed by atoms with Crippen molar-refractivity contribution in [2.45, 2.75) is 12.6 Å². The molecule has 0 spiro atoms. The Kier molecular flexibility index (Phi) is 7.04. The molecule has 1 N–H and O–H groups in total. The van der Waals surface area contributed by atoms with Crippen LogP contribution in [0.1, 0.15) is 16.8 Å². The molecule has 8 nitrogen and oxygen atoms in total. The fourth-order valence-corrected chi connectivity index (χ4v) is 3.51. The number of hydrogen-bond acceptors (Lipinski definition) is 5. The highest BCUT2D eigenvalue weighted by atomic mass is 32.2. The second kappa shape index (κ2) is 9.57. The molecule has 1 unspecified atom stereocenters. The van der Waals surface area contributed by atoms with Gasteiger partial charge >= 0.3 is 10.2 Å². The Hall–Kier alpha value is -3.12. The van der Waals surface area contributed by atoms with Gasteiger partial charge in [0.05, 0.1) is 17.3 Å². The molecule has 1 amide bonds. The van der Waals surface area contributed by atoms with Crippen LogP contribution in [0.3, 0.4) is 0 Å². The molecule has 0 saturated carbocycles. The first-order chi connectivity index (χ1) is 15.1. The van der Waals surface area contributed by atoms with Gasteiger partial charge in [-0.05, 0) is 42.8 Å². The van der Waals surface area contributed by atoms with Crippen LogP contribution in [0.15, 0.2) is 48.8 Å². The Morgan fingerprint density at radius 1 is 1.16 bits per heavy atom. The molecular formula is C20H22F3N5O3S. The molecule has 32 heavy (non-hydrogen) atoms. The van der Waals surface area contributed by atoms with Gasteiger partial charge in [-0.15, -0.1) is 0 Å². The summed E-state index contributed by atoms with van der Waals surface area (Å²) in [6.45, 7) is 0.906. The van der Waals surface area contributed by atoms with E-state index in [1.807, 2.05) is 9.62 Å². The number of carbonyl (C=O) groups excluding carboxylic acids is 1. The molecule has 1 aromatic carbocycles. The van der Waals surface area contributed by atoms with Gasteiger partial charge in [0.15, 0.2) is 0 Å². The number of aromatic nitrogens is 2. The average molecular weight is 469 g/mol. The van der Waals surface area contributed by atoms with E-state index in [1.165, 1.54) is 24.8 Å². The van der Waals surface area contributed by atoms with E-state index in [9.17, 15) is 26.4 Å². The number of nitrogens with zero attached hydrogens (tertiary/aromatic N) is 4. The maximum Gasteiger partial charge on any atom is 0.303 e. The van der Waals surface area contributed by atoms with Crippen molar-refractivity contribution in [2.24, 2.45) is 0 Å². The number of alkyl halides is 1. The minimum absolute atomic E-state index is 0.137. The highest BCUT2D eigenvalue weighted by molar-refractivity contribution is 7.87. The van der Waals surface area contributed by atoms with E-state index in [2.05, 4.69) is 5.10 Å². The zero-order chi connectivity index (χ0) is 23.5. The second-order valence-electron chi connectivity index (χ2n) is 7.26. The summed E-state index contributed by atoms with van der Waals surface area (Å²) >= 11 is 0. The third kappa shape index (κ3) is 5.56. The molecule has 0 bridgehead atoms. The lowest BCUT2D eigenvalue weighted by Crippen LogP contribution is -2.39. The van der Waals surface area contributed by atoms with Crippen LogP contribution in [0, 0.1) is 11.6 Å². The number of pyridine rings is 1. The molecule has 1 atom stereocenters. The van der Waals surface area contributed by atoms with Gasteiger partial charge in [0, 0.05) is 39.1 Å². The summed E-state index contributed by atoms with van der Waals surface area (Å²) in [5.74, 6) is -1.58. The maximum absolute atomic E-state index is 13.4. The minimum Gasteiger partial charge on any atom is -0.368 e. The van der Waals surface area contributed by atoms with Crippen molar-refractivity contribution in [3.8, 4) is 0 Å². The van der Waals surface area contributed by atoms with Crippen LogP contribution in [0.4, 0.5) is 18.9 Å². The monoisotopic (exact) mass is 469 g/mol. The number of anilines is 1. The zero-order valence-corrected chi connectivity index (χ0v) is 18.2. The van der Waals surface area contributed by atoms with Crippen molar-refractivity contribution in [1.29, 1.82) is 0 Å². The first-order valence-electron chi connectivity index (χ1n) is 9.59. The minimum atomic E-state index is -3.89. The maximum atomic E-state index is 13.4. The highest BCUT2D eigenvalue weighted by Gasteiger charge is 2.24. The quantitative estimate of drug-likeness (QED) is 0.634. The Balaban J connectivity index is 0.000000305. The average Bonchev–Trinajstić information content (AvgIpc) is 3.36. The Morgan fingerprint density at radius 2 is 1.78 bits per heavy atom. The molecule has 0 radical (unpaired) electrons. The third-order valence-electron chi connectivity index (χ3n) is 4.75. The first-order valence-corrected chi connectivity index (χ1v) is 11.0. The number of nitrogens with one attached hydrogen (secondary N) is 1. The van der Waals surface area contributed by atoms with E-state index in [-0.39, 0.29) is 5.56 Å². The predicted octanol–water partition coefficient (Wildman–Crippen LogP) is 2.38. The molecule has 2 aromatic heterocycles. The Morgan fingerprint density at radius 3 is 2.31 bits per heavy atom. The standard InChI is InChI=1S/C14H18FN5O3S.C6H4F2/c1-18(2)24(22,23)17-14(21)12-8-16-20-6-4-11(7-13(12)20)19-5-3-10(15)9-19;7-5-1-2-6(8)4-3-5/h4,6-8,10H,3,5,9H2,1-2H3,(H,17,21);1-4H. The summed E-state index contributed by atoms with van der Waals surface area (Å²) < 4.78 is 65.2. The molecular weight excluding hydrogens is 447 g/mol. The molecule has 3 heterocycles. The van der Waals surface area contributed by atoms with Gasteiger partial charge in [0.1, 0.15) is 17.8 Å². The fourth-order valence-electron chi connectivity index (χ4n) is 2.99. The lowest BCUT2D eigenvalue weighted by Gasteiger charge is -2.17. The third-order valence-corrected chi connectivity index (χ3v) is 6.16. The van der Waals surface area contributed by atoms with Crippen molar-refractivity contribution in [1.82, 2.24) is 18.6 Å². The van der Waals surface area contributed by atoms with Crippen molar-refractivity contribution in [3.63, 3.8) is 0 Å². The smallest absolute Gasteiger partial charge is 0.303 e. The number of rotatable bonds is 4. The number of benzene rings is 1. The molecule has 12 heteroatoms. The molecule has 0 aliphatic carbocycles. The SMILES string of the molecule is CN(C)S(=O)(=O)NC(=O)c1cnn2ccc(N3CCC(F)C3)cc12.Fc1ccc(F)cc1. The van der Waals surface area contributed by atoms with Crippen LogP contribution in [0.25, 0.3) is 5.52 Å². The second-order valence-corrected chi connectivity index (χ2v) is 9.14. The van der Waals surface area contributed by atoms with Crippen molar-refractivity contribution in [2.75, 3.05) is 32.1 Å². The van der Waals surface area contributed by atoms with Gasteiger partial charge in [0.2, 0.25) is 0 Å². The van der Waals surface area contributed by atoms with Crippen molar-refractivity contribution in [3.05, 3.63) is 66.0 Å². The van der Waals surface area contributed by atoms with E-state index >= 15 is 0 Å². The van der Waals surface area contributed by atoms with E-state index < -0.39 is 33.9 Å². The molecule has 4 rings (SSSR count). The van der Waals surface area contributed by atoms with Gasteiger partial charge < -0.3 is 4.90 Å². The van der Waals surface area contributed by atoms with Crippen molar-refractivity contribution >= 4 is 27.3 Å². The fraction of sp³-hybridized carbons (Fsp3) is 0.300. The number of fused-ring (bicyclic) bond motifs is 1. The largest absolute Gasteiger partial charge is 0.368 e. The van der Waals surface area contributed by atoms with Crippen LogP contribution in [0.5, 0.6) is 0 Å². The van der Waals surface area contributed by atoms with Crippen LogP contribution >= 0.6 is 0 Å². The summed E-state index contributed by atoms with van der Waals surface area (Å²) in [6.07, 6.45) is 2.58. The molecule has 1 aliphatic rings. The number of hydrogen-bond donors (Lipinski definition) is 1. The summed E-state index contributed by atoms with van der Waals surface area (Å²) in [4.78, 5) is 14.2. The van der Waals surface area contributed by atoms with Gasteiger partial charge in [-0.1, -0.05) is 0 Å². The van der Waals surface area contributed by atoms with E-state index in [0.29, 0.717) is 25.0 Å². The van der Waals surface area contributed by atoms with Gasteiger partial charge in [-0.25, -0.2) is 22.4 Å². The van der Waals surface area contributed by atoms with Gasteiger partial charge in [-0.2, -0.15) is 17.8 Å². The summed E-state index contributed by atoms with van der Waals surface area (Å²) in [5.41, 5.74) is 1.37. The normalized spacial score (nSPS) is 16.2. The molecule has 172 valence electrons. The molecule has 1 fully saturated rings. The summed E-state index contributed by atoms with van der Waals surface area (Å²) in [5, 5.41) is 4.05. The summed E-state index contributed by atoms with van der Waals surface area (Å²) in [7, 11) is -1.24. The van der Waals surface area contributed by atoms with E-state index in [0.717, 1.165) is 34.3 Å². The molecule has 3 aromatic rings. The number of halogens is 3. The lowest BCUT2D eigenvalue weighted by molar-refractivity contribution is 0.0981. The van der Waals surface area contributed by atoms with Gasteiger partial charge in [0.25, 0.3) is 5.91 Å². The van der Waals surface area contributed by atoms with Crippen LogP contribution in [-0.4, -0.2) is 61.6 Å². The Bertz CT molecular complexity index is 1180. The van der Waals surface area contributed by atoms with Crippen LogP contribution in [0.2, 0.25) is 0 Å². The summed E-state index contributed by atoms with van der Waals surface area (Å²) in [6, 6.07) is 7.81. The number of amides is 1. The topological polar surface area (TPSA) is 87.0 Å². The molecule has 1 aliphatic heterocycles. The van der Waals surface area contributed by atoms with Crippen LogP contribution < -0.4 is 9.62 Å². The van der Waals surface area contributed by atoms with Gasteiger partial charge in [-0.3, -0.25) is 4.79 Å². The molecule has 1 saturated heterocycles. The zero-order valence-electron chi connectivity index (χ0n) is 17.4. The number of carbonyl (C=O) groups is 1. The van der Waals surface area contributed by atoms with E-state index in [4.69, 9.17) is 0 Å². The highest BCUT2D eigenvalue weighted by Crippen LogP contribution is 2.24.